The fraction of sp³-hybridized carbons (Fsp3) is 0.143. The second-order valence-electron chi connectivity index (χ2n) is 6.44. The summed E-state index contributed by atoms with van der Waals surface area (Å²) in [6.07, 6.45) is 1.61. The third-order valence-corrected chi connectivity index (χ3v) is 4.26. The van der Waals surface area contributed by atoms with E-state index in [1.807, 2.05) is 43.3 Å². The molecular formula is C21H21ClN4O2. The van der Waals surface area contributed by atoms with Gasteiger partial charge in [-0.1, -0.05) is 16.8 Å². The van der Waals surface area contributed by atoms with Crippen LogP contribution in [0.2, 0.25) is 5.02 Å². The highest BCUT2D eigenvalue weighted by Gasteiger charge is 2.17. The summed E-state index contributed by atoms with van der Waals surface area (Å²) >= 11 is 5.90. The zero-order valence-corrected chi connectivity index (χ0v) is 16.6. The van der Waals surface area contributed by atoms with Crippen molar-refractivity contribution < 1.29 is 9.32 Å². The summed E-state index contributed by atoms with van der Waals surface area (Å²) < 4.78 is 5.30. The summed E-state index contributed by atoms with van der Waals surface area (Å²) in [5, 5.41) is 10.5. The minimum atomic E-state index is -0.323. The molecule has 1 amide bonds. The van der Waals surface area contributed by atoms with Crippen LogP contribution in [0.25, 0.3) is 5.57 Å². The molecule has 1 heterocycles. The molecule has 1 aromatic heterocycles. The number of carbonyl (C=O) groups excluding carboxylic acids is 1. The molecule has 3 rings (SSSR count). The maximum atomic E-state index is 12.8. The van der Waals surface area contributed by atoms with Crippen molar-refractivity contribution in [3.8, 4) is 0 Å². The first kappa shape index (κ1) is 19.5. The number of amides is 1. The van der Waals surface area contributed by atoms with E-state index in [4.69, 9.17) is 16.1 Å². The van der Waals surface area contributed by atoms with E-state index in [1.54, 1.807) is 43.5 Å². The molecule has 0 spiro atoms. The number of rotatable bonds is 6. The van der Waals surface area contributed by atoms with Gasteiger partial charge in [0.15, 0.2) is 5.76 Å². The van der Waals surface area contributed by atoms with Gasteiger partial charge in [-0.25, -0.2) is 0 Å². The lowest BCUT2D eigenvalue weighted by Gasteiger charge is -2.13. The maximum Gasteiger partial charge on any atom is 0.261 e. The average molecular weight is 397 g/mol. The normalized spacial score (nSPS) is 11.2. The predicted octanol–water partition coefficient (Wildman–Crippen LogP) is 4.79. The Morgan fingerprint density at radius 3 is 2.29 bits per heavy atom. The number of anilines is 3. The molecule has 0 bridgehead atoms. The highest BCUT2D eigenvalue weighted by atomic mass is 35.5. The molecule has 0 aliphatic rings. The molecule has 0 saturated carbocycles. The van der Waals surface area contributed by atoms with Crippen molar-refractivity contribution >= 4 is 40.1 Å². The lowest BCUT2D eigenvalue weighted by Crippen LogP contribution is -2.14. The number of aromatic nitrogens is 1. The van der Waals surface area contributed by atoms with Gasteiger partial charge < -0.3 is 20.1 Å². The third-order valence-electron chi connectivity index (χ3n) is 4.01. The van der Waals surface area contributed by atoms with Gasteiger partial charge in [0.1, 0.15) is 5.57 Å². The quantitative estimate of drug-likeness (QED) is 0.586. The summed E-state index contributed by atoms with van der Waals surface area (Å²) in [5.74, 6) is 0.0530. The van der Waals surface area contributed by atoms with E-state index in [9.17, 15) is 4.79 Å². The molecule has 0 saturated heterocycles. The van der Waals surface area contributed by atoms with E-state index in [2.05, 4.69) is 15.8 Å². The van der Waals surface area contributed by atoms with Gasteiger partial charge >= 0.3 is 0 Å². The summed E-state index contributed by atoms with van der Waals surface area (Å²) in [6, 6.07) is 16.5. The van der Waals surface area contributed by atoms with Crippen molar-refractivity contribution in [3.05, 3.63) is 77.3 Å². The monoisotopic (exact) mass is 396 g/mol. The van der Waals surface area contributed by atoms with E-state index in [0.29, 0.717) is 27.7 Å². The zero-order valence-electron chi connectivity index (χ0n) is 15.9. The number of nitrogens with zero attached hydrogens (tertiary/aromatic N) is 2. The van der Waals surface area contributed by atoms with Crippen LogP contribution in [-0.4, -0.2) is 25.2 Å². The first-order valence-corrected chi connectivity index (χ1v) is 9.05. The summed E-state index contributed by atoms with van der Waals surface area (Å²) in [6.45, 7) is 1.80. The Kier molecular flexibility index (Phi) is 6.01. The average Bonchev–Trinajstić information content (AvgIpc) is 3.10. The zero-order chi connectivity index (χ0) is 20.1. The molecule has 0 fully saturated rings. The number of benzene rings is 2. The Hall–Kier alpha value is -3.25. The first-order chi connectivity index (χ1) is 13.4. The van der Waals surface area contributed by atoms with Crippen molar-refractivity contribution in [2.24, 2.45) is 0 Å². The number of halogens is 1. The van der Waals surface area contributed by atoms with Gasteiger partial charge in [0.05, 0.1) is 5.69 Å². The van der Waals surface area contributed by atoms with Gasteiger partial charge in [0.25, 0.3) is 5.91 Å². The Balaban J connectivity index is 1.83. The van der Waals surface area contributed by atoms with Crippen molar-refractivity contribution in [1.29, 1.82) is 0 Å². The lowest BCUT2D eigenvalue weighted by atomic mass is 10.2. The molecule has 7 heteroatoms. The number of aryl methyl sites for hydroxylation is 1. The van der Waals surface area contributed by atoms with Crippen LogP contribution in [0.15, 0.2) is 65.3 Å². The minimum Gasteiger partial charge on any atom is -0.378 e. The van der Waals surface area contributed by atoms with Gasteiger partial charge in [-0.15, -0.1) is 0 Å². The van der Waals surface area contributed by atoms with Crippen LogP contribution < -0.4 is 15.5 Å². The molecule has 0 radical (unpaired) electrons. The highest BCUT2D eigenvalue weighted by Crippen LogP contribution is 2.21. The van der Waals surface area contributed by atoms with Crippen LogP contribution in [0.5, 0.6) is 0 Å². The second kappa shape index (κ2) is 8.63. The molecule has 6 nitrogen and oxygen atoms in total. The Bertz CT molecular complexity index is 976. The molecule has 0 aliphatic heterocycles. The topological polar surface area (TPSA) is 70.4 Å². The van der Waals surface area contributed by atoms with E-state index >= 15 is 0 Å². The van der Waals surface area contributed by atoms with Crippen molar-refractivity contribution in [2.75, 3.05) is 29.6 Å². The molecule has 144 valence electrons. The fourth-order valence-electron chi connectivity index (χ4n) is 2.48. The molecule has 0 atom stereocenters. The van der Waals surface area contributed by atoms with E-state index < -0.39 is 0 Å². The Labute approximate surface area is 168 Å². The van der Waals surface area contributed by atoms with E-state index in [1.165, 1.54) is 0 Å². The van der Waals surface area contributed by atoms with Crippen molar-refractivity contribution in [2.45, 2.75) is 6.92 Å². The van der Waals surface area contributed by atoms with Crippen molar-refractivity contribution in [1.82, 2.24) is 5.16 Å². The van der Waals surface area contributed by atoms with Gasteiger partial charge in [-0.2, -0.15) is 0 Å². The van der Waals surface area contributed by atoms with Crippen LogP contribution in [0.4, 0.5) is 17.1 Å². The maximum absolute atomic E-state index is 12.8. The van der Waals surface area contributed by atoms with Crippen LogP contribution in [-0.2, 0) is 4.79 Å². The summed E-state index contributed by atoms with van der Waals surface area (Å²) in [7, 11) is 3.96. The number of hydrogen-bond donors (Lipinski definition) is 2. The SMILES string of the molecule is Cc1cc(C(=CNc2ccc(N(C)C)cc2)C(=O)Nc2ccc(Cl)cc2)on1. The molecule has 28 heavy (non-hydrogen) atoms. The minimum absolute atomic E-state index is 0.323. The third kappa shape index (κ3) is 4.92. The van der Waals surface area contributed by atoms with E-state index in [0.717, 1.165) is 11.4 Å². The number of nitrogens with one attached hydrogen (secondary N) is 2. The first-order valence-electron chi connectivity index (χ1n) is 8.67. The lowest BCUT2D eigenvalue weighted by molar-refractivity contribution is -0.111. The number of carbonyl (C=O) groups is 1. The van der Waals surface area contributed by atoms with Gasteiger partial charge in [0, 0.05) is 48.4 Å². The van der Waals surface area contributed by atoms with Crippen LogP contribution in [0, 0.1) is 6.92 Å². The predicted molar refractivity (Wildman–Crippen MR) is 114 cm³/mol. The fourth-order valence-corrected chi connectivity index (χ4v) is 2.61. The summed E-state index contributed by atoms with van der Waals surface area (Å²) in [4.78, 5) is 14.8. The number of hydrogen-bond acceptors (Lipinski definition) is 5. The summed E-state index contributed by atoms with van der Waals surface area (Å²) in [5.41, 5.74) is 3.58. The molecule has 0 aliphatic carbocycles. The molecule has 0 unspecified atom stereocenters. The molecule has 2 aromatic carbocycles. The standard InChI is InChI=1S/C21H21ClN4O2/c1-14-12-20(28-25-14)19(21(27)24-17-6-4-15(22)5-7-17)13-23-16-8-10-18(11-9-16)26(2)3/h4-13,23H,1-3H3,(H,24,27). The largest absolute Gasteiger partial charge is 0.378 e. The van der Waals surface area contributed by atoms with Gasteiger partial charge in [0.2, 0.25) is 0 Å². The smallest absolute Gasteiger partial charge is 0.261 e. The molecular weight excluding hydrogens is 376 g/mol. The highest BCUT2D eigenvalue weighted by molar-refractivity contribution is 6.30. The molecule has 2 N–H and O–H groups in total. The Morgan fingerprint density at radius 1 is 1.07 bits per heavy atom. The second-order valence-corrected chi connectivity index (χ2v) is 6.87. The Morgan fingerprint density at radius 2 is 1.71 bits per heavy atom. The van der Waals surface area contributed by atoms with Crippen LogP contribution in [0.1, 0.15) is 11.5 Å². The van der Waals surface area contributed by atoms with Crippen LogP contribution in [0.3, 0.4) is 0 Å². The van der Waals surface area contributed by atoms with Gasteiger partial charge in [-0.05, 0) is 55.5 Å². The molecule has 3 aromatic rings. The van der Waals surface area contributed by atoms with Crippen molar-refractivity contribution in [3.63, 3.8) is 0 Å². The van der Waals surface area contributed by atoms with E-state index in [-0.39, 0.29) is 5.91 Å². The van der Waals surface area contributed by atoms with Crippen LogP contribution >= 0.6 is 11.6 Å². The van der Waals surface area contributed by atoms with Gasteiger partial charge in [-0.3, -0.25) is 4.79 Å².